The third-order valence-electron chi connectivity index (χ3n) is 3.53. The van der Waals surface area contributed by atoms with Crippen LogP contribution in [0.2, 0.25) is 0 Å². The van der Waals surface area contributed by atoms with E-state index in [1.54, 1.807) is 0 Å². The molecule has 2 heterocycles. The molecule has 1 aromatic carbocycles. The van der Waals surface area contributed by atoms with Crippen LogP contribution in [0.1, 0.15) is 12.8 Å². The molecule has 0 radical (unpaired) electrons. The number of benzene rings is 1. The minimum absolute atomic E-state index is 0.583. The molecule has 18 heavy (non-hydrogen) atoms. The van der Waals surface area contributed by atoms with Gasteiger partial charge in [0.25, 0.3) is 0 Å². The summed E-state index contributed by atoms with van der Waals surface area (Å²) >= 11 is 0. The van der Waals surface area contributed by atoms with E-state index in [0.29, 0.717) is 12.0 Å². The van der Waals surface area contributed by atoms with Gasteiger partial charge in [0.15, 0.2) is 0 Å². The molecule has 5 heteroatoms. The molecule has 1 aromatic heterocycles. The Kier molecular flexibility index (Phi) is 3.06. The molecular formula is C13H17N5. The summed E-state index contributed by atoms with van der Waals surface area (Å²) in [4.78, 5) is 6.83. The van der Waals surface area contributed by atoms with E-state index in [9.17, 15) is 0 Å². The van der Waals surface area contributed by atoms with Gasteiger partial charge in [0.2, 0.25) is 5.95 Å². The summed E-state index contributed by atoms with van der Waals surface area (Å²) in [5.41, 5.74) is 1.72. The normalized spacial score (nSPS) is 20.4. The van der Waals surface area contributed by atoms with Crippen molar-refractivity contribution in [1.82, 2.24) is 20.1 Å². The van der Waals surface area contributed by atoms with Crippen molar-refractivity contribution in [2.75, 3.05) is 25.5 Å². The molecule has 1 fully saturated rings. The number of rotatable bonds is 3. The molecule has 0 saturated carbocycles. The molecule has 2 aromatic rings. The van der Waals surface area contributed by atoms with E-state index in [2.05, 4.69) is 32.4 Å². The second-order valence-corrected chi connectivity index (χ2v) is 4.78. The topological polar surface area (TPSA) is 53.9 Å². The van der Waals surface area contributed by atoms with Crippen LogP contribution in [0.15, 0.2) is 24.3 Å². The maximum absolute atomic E-state index is 4.46. The van der Waals surface area contributed by atoms with E-state index in [1.165, 1.54) is 19.4 Å². The van der Waals surface area contributed by atoms with Crippen LogP contribution < -0.4 is 5.32 Å². The van der Waals surface area contributed by atoms with Gasteiger partial charge in [-0.3, -0.25) is 0 Å². The number of anilines is 1. The number of aromatic nitrogens is 3. The molecular weight excluding hydrogens is 226 g/mol. The summed E-state index contributed by atoms with van der Waals surface area (Å²) in [5.74, 6) is 0.619. The maximum atomic E-state index is 4.46. The first-order valence-electron chi connectivity index (χ1n) is 6.36. The SMILES string of the molecule is CN1CCCC1CNc1nnc2ccccc2n1. The first-order chi connectivity index (χ1) is 8.83. The number of nitrogens with one attached hydrogen (secondary N) is 1. The Balaban J connectivity index is 1.71. The highest BCUT2D eigenvalue weighted by Gasteiger charge is 2.20. The fourth-order valence-electron chi connectivity index (χ4n) is 2.40. The fraction of sp³-hybridized carbons (Fsp3) is 0.462. The van der Waals surface area contributed by atoms with Gasteiger partial charge in [0, 0.05) is 12.6 Å². The lowest BCUT2D eigenvalue weighted by atomic mass is 10.2. The van der Waals surface area contributed by atoms with Crippen LogP contribution in [0.3, 0.4) is 0 Å². The van der Waals surface area contributed by atoms with Gasteiger partial charge in [-0.1, -0.05) is 12.1 Å². The molecule has 0 spiro atoms. The predicted molar refractivity (Wildman–Crippen MR) is 71.5 cm³/mol. The molecule has 1 unspecified atom stereocenters. The zero-order valence-electron chi connectivity index (χ0n) is 10.5. The number of para-hydroxylation sites is 1. The van der Waals surface area contributed by atoms with Gasteiger partial charge >= 0.3 is 0 Å². The van der Waals surface area contributed by atoms with E-state index in [0.717, 1.165) is 17.6 Å². The van der Waals surface area contributed by atoms with Gasteiger partial charge in [-0.15, -0.1) is 10.2 Å². The Morgan fingerprint density at radius 2 is 2.11 bits per heavy atom. The van der Waals surface area contributed by atoms with E-state index < -0.39 is 0 Å². The van der Waals surface area contributed by atoms with E-state index in [4.69, 9.17) is 0 Å². The van der Waals surface area contributed by atoms with Crippen molar-refractivity contribution in [3.8, 4) is 0 Å². The monoisotopic (exact) mass is 243 g/mol. The van der Waals surface area contributed by atoms with Crippen molar-refractivity contribution >= 4 is 17.0 Å². The zero-order valence-corrected chi connectivity index (χ0v) is 10.5. The Morgan fingerprint density at radius 1 is 1.28 bits per heavy atom. The third-order valence-corrected chi connectivity index (χ3v) is 3.53. The van der Waals surface area contributed by atoms with Crippen molar-refractivity contribution in [2.24, 2.45) is 0 Å². The highest BCUT2D eigenvalue weighted by molar-refractivity contribution is 5.73. The summed E-state index contributed by atoms with van der Waals surface area (Å²) in [5, 5.41) is 11.5. The average Bonchev–Trinajstić information content (AvgIpc) is 2.82. The summed E-state index contributed by atoms with van der Waals surface area (Å²) in [6.45, 7) is 2.07. The molecule has 1 atom stereocenters. The molecule has 1 aliphatic heterocycles. The van der Waals surface area contributed by atoms with Crippen molar-refractivity contribution in [1.29, 1.82) is 0 Å². The summed E-state index contributed by atoms with van der Waals surface area (Å²) in [6, 6.07) is 8.37. The summed E-state index contributed by atoms with van der Waals surface area (Å²) in [6.07, 6.45) is 2.52. The second-order valence-electron chi connectivity index (χ2n) is 4.78. The van der Waals surface area contributed by atoms with Crippen molar-refractivity contribution in [2.45, 2.75) is 18.9 Å². The lowest BCUT2D eigenvalue weighted by molar-refractivity contribution is 0.322. The number of likely N-dealkylation sites (N-methyl/N-ethyl adjacent to an activating group) is 1. The van der Waals surface area contributed by atoms with Crippen molar-refractivity contribution < 1.29 is 0 Å². The van der Waals surface area contributed by atoms with E-state index in [-0.39, 0.29) is 0 Å². The van der Waals surface area contributed by atoms with Gasteiger partial charge in [-0.05, 0) is 38.6 Å². The highest BCUT2D eigenvalue weighted by Crippen LogP contribution is 2.15. The molecule has 1 saturated heterocycles. The Bertz CT molecular complexity index is 542. The van der Waals surface area contributed by atoms with Crippen molar-refractivity contribution in [3.63, 3.8) is 0 Å². The van der Waals surface area contributed by atoms with E-state index >= 15 is 0 Å². The zero-order chi connectivity index (χ0) is 12.4. The van der Waals surface area contributed by atoms with Crippen LogP contribution in [-0.4, -0.2) is 46.3 Å². The van der Waals surface area contributed by atoms with Crippen LogP contribution in [0, 0.1) is 0 Å². The molecule has 0 bridgehead atoms. The van der Waals surface area contributed by atoms with E-state index in [1.807, 2.05) is 24.3 Å². The van der Waals surface area contributed by atoms with Gasteiger partial charge < -0.3 is 10.2 Å². The Labute approximate surface area is 106 Å². The highest BCUT2D eigenvalue weighted by atomic mass is 15.3. The maximum Gasteiger partial charge on any atom is 0.243 e. The van der Waals surface area contributed by atoms with Crippen LogP contribution in [0.5, 0.6) is 0 Å². The molecule has 5 nitrogen and oxygen atoms in total. The second kappa shape index (κ2) is 4.86. The lowest BCUT2D eigenvalue weighted by Gasteiger charge is -2.19. The van der Waals surface area contributed by atoms with Crippen LogP contribution in [0.4, 0.5) is 5.95 Å². The predicted octanol–water partition coefficient (Wildman–Crippen LogP) is 1.53. The van der Waals surface area contributed by atoms with Crippen LogP contribution in [-0.2, 0) is 0 Å². The number of fused-ring (bicyclic) bond motifs is 1. The summed E-state index contributed by atoms with van der Waals surface area (Å²) < 4.78 is 0. The average molecular weight is 243 g/mol. The first-order valence-corrected chi connectivity index (χ1v) is 6.36. The number of hydrogen-bond donors (Lipinski definition) is 1. The largest absolute Gasteiger partial charge is 0.351 e. The van der Waals surface area contributed by atoms with Gasteiger partial charge in [0.1, 0.15) is 5.52 Å². The molecule has 3 rings (SSSR count). The fourth-order valence-corrected chi connectivity index (χ4v) is 2.40. The quantitative estimate of drug-likeness (QED) is 0.886. The lowest BCUT2D eigenvalue weighted by Crippen LogP contribution is -2.32. The standard InChI is InChI=1S/C13H17N5/c1-18-8-4-5-10(18)9-14-13-15-11-6-2-3-7-12(11)16-17-13/h2-3,6-7,10H,4-5,8-9H2,1H3,(H,14,15,17). The Hall–Kier alpha value is -1.75. The van der Waals surface area contributed by atoms with Crippen molar-refractivity contribution in [3.05, 3.63) is 24.3 Å². The number of hydrogen-bond acceptors (Lipinski definition) is 5. The number of nitrogens with zero attached hydrogens (tertiary/aromatic N) is 4. The molecule has 94 valence electrons. The van der Waals surface area contributed by atoms with Crippen LogP contribution >= 0.6 is 0 Å². The van der Waals surface area contributed by atoms with Gasteiger partial charge in [-0.2, -0.15) is 0 Å². The minimum Gasteiger partial charge on any atom is -0.351 e. The first kappa shape index (κ1) is 11.3. The molecule has 0 aliphatic carbocycles. The number of likely N-dealkylation sites (tertiary alicyclic amines) is 1. The van der Waals surface area contributed by atoms with Crippen LogP contribution in [0.25, 0.3) is 11.0 Å². The molecule has 1 aliphatic rings. The molecule has 0 amide bonds. The summed E-state index contributed by atoms with van der Waals surface area (Å²) in [7, 11) is 2.17. The van der Waals surface area contributed by atoms with Gasteiger partial charge in [-0.25, -0.2) is 4.98 Å². The Morgan fingerprint density at radius 3 is 2.89 bits per heavy atom. The minimum atomic E-state index is 0.583. The third kappa shape index (κ3) is 2.26. The van der Waals surface area contributed by atoms with Gasteiger partial charge in [0.05, 0.1) is 5.52 Å². The smallest absolute Gasteiger partial charge is 0.243 e. The molecule has 1 N–H and O–H groups in total.